The monoisotopic (exact) mass is 252 g/mol. The molecular weight excluding hydrogens is 249 g/mol. The summed E-state index contributed by atoms with van der Waals surface area (Å²) in [5.41, 5.74) is -1.33. The van der Waals surface area contributed by atoms with E-state index in [9.17, 15) is 21.6 Å². The van der Waals surface area contributed by atoms with Crippen molar-refractivity contribution in [2.75, 3.05) is 0 Å². The van der Waals surface area contributed by atoms with E-state index in [-0.39, 0.29) is 18.5 Å². The second-order valence-corrected chi connectivity index (χ2v) is 3.46. The number of hydrogen-bond acceptors (Lipinski definition) is 3. The third kappa shape index (κ3) is 2.86. The van der Waals surface area contributed by atoms with Crippen LogP contribution in [0.2, 0.25) is 0 Å². The number of halogens is 4. The zero-order valence-electron chi connectivity index (χ0n) is 6.24. The fourth-order valence-electron chi connectivity index (χ4n) is 0.581. The SMILES string of the molecule is Cl.O=S(=O)(O)c1cc(C(F)(F)F)[nH]n1. The zero-order chi connectivity index (χ0) is 10.3. The van der Waals surface area contributed by atoms with Crippen LogP contribution in [0.3, 0.4) is 0 Å². The summed E-state index contributed by atoms with van der Waals surface area (Å²) in [5, 5.41) is 3.15. The summed E-state index contributed by atoms with van der Waals surface area (Å²) in [4.78, 5) is 0. The molecule has 0 bridgehead atoms. The van der Waals surface area contributed by atoms with E-state index in [1.165, 1.54) is 5.10 Å². The quantitative estimate of drug-likeness (QED) is 0.733. The molecule has 0 saturated heterocycles. The number of aromatic amines is 1. The molecule has 0 aromatic carbocycles. The Hall–Kier alpha value is -0.800. The van der Waals surface area contributed by atoms with Crippen LogP contribution in [0.15, 0.2) is 11.1 Å². The van der Waals surface area contributed by atoms with Crippen molar-refractivity contribution in [3.8, 4) is 0 Å². The molecule has 2 N–H and O–H groups in total. The molecule has 5 nitrogen and oxygen atoms in total. The molecule has 1 aromatic rings. The van der Waals surface area contributed by atoms with Gasteiger partial charge in [-0.15, -0.1) is 12.4 Å². The summed E-state index contributed by atoms with van der Waals surface area (Å²) in [6, 6.07) is 0.204. The van der Waals surface area contributed by atoms with Crippen LogP contribution in [-0.4, -0.2) is 23.2 Å². The van der Waals surface area contributed by atoms with Crippen molar-refractivity contribution >= 4 is 22.5 Å². The van der Waals surface area contributed by atoms with Crippen molar-refractivity contribution in [1.82, 2.24) is 10.2 Å². The Kier molecular flexibility index (Phi) is 3.54. The average molecular weight is 253 g/mol. The molecule has 0 spiro atoms. The number of alkyl halides is 3. The van der Waals surface area contributed by atoms with Gasteiger partial charge in [-0.3, -0.25) is 9.65 Å². The summed E-state index contributed by atoms with van der Waals surface area (Å²) >= 11 is 0. The fraction of sp³-hybridized carbons (Fsp3) is 0.250. The van der Waals surface area contributed by atoms with Gasteiger partial charge in [0.2, 0.25) is 5.03 Å². The summed E-state index contributed by atoms with van der Waals surface area (Å²) in [5.74, 6) is 0. The lowest BCUT2D eigenvalue weighted by atomic mass is 10.4. The first kappa shape index (κ1) is 13.2. The molecule has 10 heteroatoms. The van der Waals surface area contributed by atoms with E-state index in [1.807, 2.05) is 0 Å². The molecule has 82 valence electrons. The first-order valence-electron chi connectivity index (χ1n) is 2.81. The highest BCUT2D eigenvalue weighted by atomic mass is 35.5. The Balaban J connectivity index is 0.00000169. The molecule has 0 aliphatic heterocycles. The summed E-state index contributed by atoms with van der Waals surface area (Å²) in [7, 11) is -4.68. The van der Waals surface area contributed by atoms with Crippen molar-refractivity contribution in [2.45, 2.75) is 11.2 Å². The Morgan fingerprint density at radius 3 is 2.14 bits per heavy atom. The highest BCUT2D eigenvalue weighted by molar-refractivity contribution is 7.85. The number of nitrogens with one attached hydrogen (secondary N) is 1. The maximum Gasteiger partial charge on any atom is 0.432 e. The number of rotatable bonds is 1. The van der Waals surface area contributed by atoms with Gasteiger partial charge < -0.3 is 0 Å². The van der Waals surface area contributed by atoms with Crippen LogP contribution in [0.25, 0.3) is 0 Å². The molecule has 0 aliphatic carbocycles. The normalized spacial score (nSPS) is 12.3. The van der Waals surface area contributed by atoms with E-state index in [0.29, 0.717) is 0 Å². The van der Waals surface area contributed by atoms with E-state index >= 15 is 0 Å². The molecule has 0 aliphatic rings. The maximum absolute atomic E-state index is 11.8. The third-order valence-corrected chi connectivity index (χ3v) is 1.86. The Morgan fingerprint density at radius 1 is 1.43 bits per heavy atom. The first-order chi connectivity index (χ1) is 5.71. The van der Waals surface area contributed by atoms with Crippen molar-refractivity contribution in [3.05, 3.63) is 11.8 Å². The molecule has 0 saturated carbocycles. The van der Waals surface area contributed by atoms with Gasteiger partial charge in [0.15, 0.2) is 0 Å². The van der Waals surface area contributed by atoms with E-state index < -0.39 is 27.0 Å². The molecular formula is C4H4ClF3N2O3S. The second-order valence-electron chi connectivity index (χ2n) is 2.09. The minimum Gasteiger partial charge on any atom is -0.281 e. The topological polar surface area (TPSA) is 83.0 Å². The minimum absolute atomic E-state index is 0. The van der Waals surface area contributed by atoms with Crippen LogP contribution in [-0.2, 0) is 16.3 Å². The second kappa shape index (κ2) is 3.75. The van der Waals surface area contributed by atoms with Crippen LogP contribution < -0.4 is 0 Å². The fourth-order valence-corrected chi connectivity index (χ4v) is 1.01. The predicted molar refractivity (Wildman–Crippen MR) is 40.7 cm³/mol. The lowest BCUT2D eigenvalue weighted by Gasteiger charge is -1.99. The molecule has 1 rings (SSSR count). The molecule has 0 unspecified atom stereocenters. The van der Waals surface area contributed by atoms with E-state index in [0.717, 1.165) is 0 Å². The molecule has 0 atom stereocenters. The van der Waals surface area contributed by atoms with Gasteiger partial charge in [0.25, 0.3) is 0 Å². The molecule has 1 aromatic heterocycles. The lowest BCUT2D eigenvalue weighted by molar-refractivity contribution is -0.141. The van der Waals surface area contributed by atoms with Crippen LogP contribution in [0, 0.1) is 0 Å². The number of H-pyrrole nitrogens is 1. The van der Waals surface area contributed by atoms with Crippen molar-refractivity contribution in [2.24, 2.45) is 0 Å². The highest BCUT2D eigenvalue weighted by Crippen LogP contribution is 2.28. The third-order valence-electron chi connectivity index (χ3n) is 1.12. The van der Waals surface area contributed by atoms with E-state index in [4.69, 9.17) is 4.55 Å². The molecule has 0 amide bonds. The van der Waals surface area contributed by atoms with Gasteiger partial charge in [0.05, 0.1) is 0 Å². The van der Waals surface area contributed by atoms with Gasteiger partial charge in [-0.05, 0) is 0 Å². The Morgan fingerprint density at radius 2 is 1.93 bits per heavy atom. The van der Waals surface area contributed by atoms with E-state index in [1.54, 1.807) is 0 Å². The van der Waals surface area contributed by atoms with Gasteiger partial charge >= 0.3 is 16.3 Å². The highest BCUT2D eigenvalue weighted by Gasteiger charge is 2.34. The first-order valence-corrected chi connectivity index (χ1v) is 4.25. The summed E-state index contributed by atoms with van der Waals surface area (Å²) in [6.07, 6.45) is -4.71. The van der Waals surface area contributed by atoms with Gasteiger partial charge in [0.1, 0.15) is 5.69 Å². The van der Waals surface area contributed by atoms with Crippen molar-refractivity contribution in [3.63, 3.8) is 0 Å². The Labute approximate surface area is 82.5 Å². The van der Waals surface area contributed by atoms with Crippen molar-refractivity contribution < 1.29 is 26.1 Å². The average Bonchev–Trinajstić information content (AvgIpc) is 2.28. The van der Waals surface area contributed by atoms with E-state index in [2.05, 4.69) is 5.10 Å². The standard InChI is InChI=1S/C4H3F3N2O3S.ClH/c5-4(6,7)2-1-3(9-8-2)13(10,11)12;/h1H,(H,8,9)(H,10,11,12);1H. The number of hydrogen-bond donors (Lipinski definition) is 2. The number of nitrogens with zero attached hydrogens (tertiary/aromatic N) is 1. The zero-order valence-corrected chi connectivity index (χ0v) is 7.87. The minimum atomic E-state index is -4.71. The smallest absolute Gasteiger partial charge is 0.281 e. The van der Waals surface area contributed by atoms with Gasteiger partial charge in [-0.2, -0.15) is 26.7 Å². The molecule has 0 fully saturated rings. The molecule has 14 heavy (non-hydrogen) atoms. The van der Waals surface area contributed by atoms with Crippen LogP contribution in [0.4, 0.5) is 13.2 Å². The summed E-state index contributed by atoms with van der Waals surface area (Å²) in [6.45, 7) is 0. The molecule has 0 radical (unpaired) electrons. The van der Waals surface area contributed by atoms with Gasteiger partial charge in [0, 0.05) is 6.07 Å². The van der Waals surface area contributed by atoms with Gasteiger partial charge in [-0.1, -0.05) is 0 Å². The Bertz CT molecular complexity index is 412. The van der Waals surface area contributed by atoms with Gasteiger partial charge in [-0.25, -0.2) is 0 Å². The van der Waals surface area contributed by atoms with Crippen LogP contribution in [0.1, 0.15) is 5.69 Å². The molecule has 1 heterocycles. The summed E-state index contributed by atoms with van der Waals surface area (Å²) < 4.78 is 64.4. The maximum atomic E-state index is 11.8. The number of aromatic nitrogens is 2. The van der Waals surface area contributed by atoms with Crippen LogP contribution in [0.5, 0.6) is 0 Å². The lowest BCUT2D eigenvalue weighted by Crippen LogP contribution is -2.04. The van der Waals surface area contributed by atoms with Crippen LogP contribution >= 0.6 is 12.4 Å². The largest absolute Gasteiger partial charge is 0.432 e. The van der Waals surface area contributed by atoms with Crippen molar-refractivity contribution in [1.29, 1.82) is 0 Å². The predicted octanol–water partition coefficient (Wildman–Crippen LogP) is 1.10.